The lowest BCUT2D eigenvalue weighted by molar-refractivity contribution is -0.121. The molecule has 8 heteroatoms. The van der Waals surface area contributed by atoms with Crippen LogP contribution in [0.3, 0.4) is 0 Å². The molecule has 0 spiro atoms. The molecule has 1 aliphatic heterocycles. The van der Waals surface area contributed by atoms with E-state index in [4.69, 9.17) is 15.2 Å². The molecule has 130 valence electrons. The maximum atomic E-state index is 13.5. The van der Waals surface area contributed by atoms with E-state index >= 15 is 0 Å². The monoisotopic (exact) mass is 345 g/mol. The largest absolute Gasteiger partial charge is 0.496 e. The number of rotatable bonds is 5. The van der Waals surface area contributed by atoms with E-state index in [0.29, 0.717) is 22.4 Å². The molecule has 7 nitrogen and oxygen atoms in total. The number of hydrogen-bond acceptors (Lipinski definition) is 5. The van der Waals surface area contributed by atoms with Crippen LogP contribution in [0.15, 0.2) is 24.4 Å². The first-order valence-corrected chi connectivity index (χ1v) is 7.85. The molecule has 4 atom stereocenters. The van der Waals surface area contributed by atoms with Crippen LogP contribution in [-0.2, 0) is 4.79 Å². The van der Waals surface area contributed by atoms with E-state index in [9.17, 15) is 14.0 Å². The molecule has 1 saturated carbocycles. The van der Waals surface area contributed by atoms with E-state index in [1.807, 2.05) is 0 Å². The Balaban J connectivity index is 1.61. The molecule has 25 heavy (non-hydrogen) atoms. The van der Waals surface area contributed by atoms with Gasteiger partial charge in [-0.2, -0.15) is 0 Å². The zero-order valence-electron chi connectivity index (χ0n) is 13.4. The number of nitrogens with one attached hydrogen (secondary N) is 1. The van der Waals surface area contributed by atoms with Crippen LogP contribution in [0.1, 0.15) is 10.4 Å². The lowest BCUT2D eigenvalue weighted by atomic mass is 10.1. The van der Waals surface area contributed by atoms with Gasteiger partial charge >= 0.3 is 0 Å². The third kappa shape index (κ3) is 2.45. The molecule has 1 saturated heterocycles. The summed E-state index contributed by atoms with van der Waals surface area (Å²) in [5.74, 6) is -1.07. The Bertz CT molecular complexity index is 888. The van der Waals surface area contributed by atoms with Crippen LogP contribution < -0.4 is 20.5 Å². The summed E-state index contributed by atoms with van der Waals surface area (Å²) in [6.45, 7) is 0.124. The molecule has 2 amide bonds. The fraction of sp³-hybridized carbons (Fsp3) is 0.353. The Kier molecular flexibility index (Phi) is 3.48. The van der Waals surface area contributed by atoms with Gasteiger partial charge in [0.05, 0.1) is 24.6 Å². The first-order valence-electron chi connectivity index (χ1n) is 7.85. The van der Waals surface area contributed by atoms with Crippen LogP contribution in [0.5, 0.6) is 11.6 Å². The second-order valence-electron chi connectivity index (χ2n) is 6.23. The summed E-state index contributed by atoms with van der Waals surface area (Å²) in [6.07, 6.45) is 0.459. The average molecular weight is 345 g/mol. The average Bonchev–Trinajstić information content (AvgIpc) is 3.15. The number of fused-ring (bicyclic) bond motifs is 2. The number of amides is 2. The summed E-state index contributed by atoms with van der Waals surface area (Å²) >= 11 is 0. The number of alkyl halides is 1. The number of nitrogens with two attached hydrogens (primary N) is 1. The van der Waals surface area contributed by atoms with Crippen molar-refractivity contribution < 1.29 is 23.5 Å². The van der Waals surface area contributed by atoms with Crippen molar-refractivity contribution in [1.29, 1.82) is 0 Å². The van der Waals surface area contributed by atoms with Crippen molar-refractivity contribution in [2.24, 2.45) is 17.6 Å². The Morgan fingerprint density at radius 2 is 2.24 bits per heavy atom. The smallest absolute Gasteiger partial charge is 0.252 e. The third-order valence-corrected chi connectivity index (χ3v) is 4.79. The predicted octanol–water partition coefficient (Wildman–Crippen LogP) is 0.804. The van der Waals surface area contributed by atoms with Crippen LogP contribution in [-0.4, -0.2) is 42.7 Å². The first-order chi connectivity index (χ1) is 12.0. The van der Waals surface area contributed by atoms with Gasteiger partial charge in [0.1, 0.15) is 18.5 Å². The number of primary amides is 1. The van der Waals surface area contributed by atoms with E-state index < -0.39 is 18.0 Å². The molecule has 1 aromatic carbocycles. The molecular formula is C17H16FN3O4. The number of carbonyl (C=O) groups is 2. The van der Waals surface area contributed by atoms with Gasteiger partial charge in [-0.3, -0.25) is 9.59 Å². The summed E-state index contributed by atoms with van der Waals surface area (Å²) < 4.78 is 24.5. The number of nitrogens with zero attached hydrogens (tertiary/aromatic N) is 1. The molecule has 4 rings (SSSR count). The highest BCUT2D eigenvalue weighted by molar-refractivity contribution is 6.01. The number of aromatic nitrogens is 1. The van der Waals surface area contributed by atoms with Gasteiger partial charge in [-0.1, -0.05) is 0 Å². The number of methoxy groups -OCH3 is 1. The minimum absolute atomic E-state index is 0.124. The number of piperidine rings is 1. The molecular weight excluding hydrogens is 329 g/mol. The van der Waals surface area contributed by atoms with Gasteiger partial charge in [0.15, 0.2) is 0 Å². The predicted molar refractivity (Wildman–Crippen MR) is 86.1 cm³/mol. The van der Waals surface area contributed by atoms with Gasteiger partial charge in [0.2, 0.25) is 11.8 Å². The SMILES string of the molecule is COc1cc2c(OC[C@H]3NC(=O)[C@@H]4[C@H](F)[C@@H]43)nccc2cc1C(N)=O. The standard InChI is InChI=1S/C17H16FN3O4/c1-24-11-5-8-7(4-9(11)15(19)22)2-3-20-17(8)25-6-10-12-13(14(12)18)16(23)21-10/h2-5,10,12-14H,6H2,1H3,(H2,19,22)(H,21,23)/t10-,12-,13+,14-/m1/s1. The first kappa shape index (κ1) is 15.6. The highest BCUT2D eigenvalue weighted by Gasteiger charge is 2.64. The quantitative estimate of drug-likeness (QED) is 0.834. The third-order valence-electron chi connectivity index (χ3n) is 4.79. The summed E-state index contributed by atoms with van der Waals surface area (Å²) in [4.78, 5) is 27.3. The molecule has 0 bridgehead atoms. The zero-order chi connectivity index (χ0) is 17.7. The molecule has 2 fully saturated rings. The summed E-state index contributed by atoms with van der Waals surface area (Å²) in [5.41, 5.74) is 5.63. The van der Waals surface area contributed by atoms with E-state index in [-0.39, 0.29) is 30.0 Å². The molecule has 2 heterocycles. The normalized spacial score (nSPS) is 26.9. The van der Waals surface area contributed by atoms with Crippen molar-refractivity contribution >= 4 is 22.6 Å². The number of halogens is 1. The summed E-state index contributed by atoms with van der Waals surface area (Å²) in [6, 6.07) is 4.59. The van der Waals surface area contributed by atoms with Crippen molar-refractivity contribution in [3.63, 3.8) is 0 Å². The van der Waals surface area contributed by atoms with Gasteiger partial charge in [0.25, 0.3) is 5.91 Å². The van der Waals surface area contributed by atoms with Crippen molar-refractivity contribution in [3.05, 3.63) is 30.0 Å². The van der Waals surface area contributed by atoms with Crippen molar-refractivity contribution in [2.75, 3.05) is 13.7 Å². The van der Waals surface area contributed by atoms with Gasteiger partial charge in [-0.25, -0.2) is 9.37 Å². The van der Waals surface area contributed by atoms with Crippen molar-refractivity contribution in [3.8, 4) is 11.6 Å². The topological polar surface area (TPSA) is 104 Å². The second kappa shape index (κ2) is 5.58. The van der Waals surface area contributed by atoms with Crippen LogP contribution in [0.4, 0.5) is 4.39 Å². The van der Waals surface area contributed by atoms with E-state index in [1.165, 1.54) is 7.11 Å². The van der Waals surface area contributed by atoms with Crippen LogP contribution >= 0.6 is 0 Å². The van der Waals surface area contributed by atoms with Crippen molar-refractivity contribution in [1.82, 2.24) is 10.3 Å². The fourth-order valence-electron chi connectivity index (χ4n) is 3.43. The van der Waals surface area contributed by atoms with Crippen LogP contribution in [0, 0.1) is 11.8 Å². The number of benzene rings is 1. The highest BCUT2D eigenvalue weighted by Crippen LogP contribution is 2.49. The van der Waals surface area contributed by atoms with Crippen LogP contribution in [0.25, 0.3) is 10.8 Å². The van der Waals surface area contributed by atoms with Gasteiger partial charge in [-0.05, 0) is 23.6 Å². The Morgan fingerprint density at radius 3 is 2.88 bits per heavy atom. The number of ether oxygens (including phenoxy) is 2. The lowest BCUT2D eigenvalue weighted by Crippen LogP contribution is -2.37. The Labute approximate surface area is 142 Å². The molecule has 1 aliphatic carbocycles. The second-order valence-corrected chi connectivity index (χ2v) is 6.23. The van der Waals surface area contributed by atoms with Crippen molar-refractivity contribution in [2.45, 2.75) is 12.2 Å². The van der Waals surface area contributed by atoms with E-state index in [1.54, 1.807) is 24.4 Å². The van der Waals surface area contributed by atoms with Gasteiger partial charge < -0.3 is 20.5 Å². The summed E-state index contributed by atoms with van der Waals surface area (Å²) in [5, 5.41) is 4.08. The highest BCUT2D eigenvalue weighted by atomic mass is 19.1. The van der Waals surface area contributed by atoms with Gasteiger partial charge in [-0.15, -0.1) is 0 Å². The number of hydrogen-bond donors (Lipinski definition) is 2. The summed E-state index contributed by atoms with van der Waals surface area (Å²) in [7, 11) is 1.44. The Morgan fingerprint density at radius 1 is 1.44 bits per heavy atom. The molecule has 1 aromatic heterocycles. The minimum atomic E-state index is -1.08. The van der Waals surface area contributed by atoms with Crippen LogP contribution in [0.2, 0.25) is 0 Å². The van der Waals surface area contributed by atoms with Gasteiger partial charge in [0, 0.05) is 17.5 Å². The van der Waals surface area contributed by atoms with E-state index in [2.05, 4.69) is 10.3 Å². The molecule has 3 N–H and O–H groups in total. The lowest BCUT2D eigenvalue weighted by Gasteiger charge is -2.16. The maximum absolute atomic E-state index is 13.5. The fourth-order valence-corrected chi connectivity index (χ4v) is 3.43. The Hall–Kier alpha value is -2.90. The number of carbonyl (C=O) groups excluding carboxylic acids is 2. The number of pyridine rings is 1. The molecule has 0 radical (unpaired) electrons. The molecule has 0 unspecified atom stereocenters. The minimum Gasteiger partial charge on any atom is -0.496 e. The zero-order valence-corrected chi connectivity index (χ0v) is 13.4. The van der Waals surface area contributed by atoms with E-state index in [0.717, 1.165) is 0 Å². The molecule has 2 aromatic rings. The molecule has 2 aliphatic rings. The maximum Gasteiger partial charge on any atom is 0.252 e.